The van der Waals surface area contributed by atoms with Gasteiger partial charge in [0.1, 0.15) is 4.90 Å². The number of sulfonamides is 1. The Morgan fingerprint density at radius 1 is 1.47 bits per heavy atom. The molecule has 15 heavy (non-hydrogen) atoms. The summed E-state index contributed by atoms with van der Waals surface area (Å²) < 4.78 is 46.3. The van der Waals surface area contributed by atoms with Crippen LogP contribution in [0.5, 0.6) is 0 Å². The van der Waals surface area contributed by atoms with Crippen LogP contribution in [-0.4, -0.2) is 13.4 Å². The van der Waals surface area contributed by atoms with Gasteiger partial charge in [-0.25, -0.2) is 22.3 Å². The molecule has 0 aliphatic rings. The van der Waals surface area contributed by atoms with Crippen LogP contribution in [0.4, 0.5) is 8.78 Å². The van der Waals surface area contributed by atoms with Crippen LogP contribution in [0.15, 0.2) is 15.9 Å². The molecule has 1 aromatic rings. The van der Waals surface area contributed by atoms with E-state index in [1.165, 1.54) is 22.6 Å². The first-order chi connectivity index (χ1) is 6.75. The average molecular weight is 350 g/mol. The van der Waals surface area contributed by atoms with Crippen molar-refractivity contribution in [2.75, 3.05) is 0 Å². The Labute approximate surface area is 96.9 Å². The first-order valence-corrected chi connectivity index (χ1v) is 6.09. The number of nitrogens with one attached hydrogen (secondary N) is 1. The van der Waals surface area contributed by atoms with E-state index in [-0.39, 0.29) is 3.57 Å². The third-order valence-corrected chi connectivity index (χ3v) is 4.02. The highest BCUT2D eigenvalue weighted by molar-refractivity contribution is 14.1. The lowest BCUT2D eigenvalue weighted by Crippen LogP contribution is -2.21. The van der Waals surface area contributed by atoms with Crippen molar-refractivity contribution in [3.8, 4) is 0 Å². The predicted octanol–water partition coefficient (Wildman–Crippen LogP) is 0.565. The normalized spacial score (nSPS) is 12.1. The van der Waals surface area contributed by atoms with E-state index in [9.17, 15) is 22.0 Å². The molecule has 0 aromatic carbocycles. The Hall–Kier alpha value is -0.550. The molecule has 3 N–H and O–H groups in total. The second-order valence-corrected chi connectivity index (χ2v) is 5.16. The van der Waals surface area contributed by atoms with Crippen molar-refractivity contribution >= 4 is 32.6 Å². The van der Waals surface area contributed by atoms with Crippen LogP contribution in [0.1, 0.15) is 12.0 Å². The van der Waals surface area contributed by atoms with Gasteiger partial charge < -0.3 is 4.98 Å². The van der Waals surface area contributed by atoms with Gasteiger partial charge in [0, 0.05) is 9.77 Å². The summed E-state index contributed by atoms with van der Waals surface area (Å²) in [6.07, 6.45) is -2.26. The molecule has 0 aliphatic heterocycles. The van der Waals surface area contributed by atoms with E-state index in [0.717, 1.165) is 6.20 Å². The molecule has 1 aromatic heterocycles. The molecule has 1 heterocycles. The molecule has 1 rings (SSSR count). The van der Waals surface area contributed by atoms with Crippen LogP contribution in [0.2, 0.25) is 0 Å². The summed E-state index contributed by atoms with van der Waals surface area (Å²) in [6, 6.07) is 0. The van der Waals surface area contributed by atoms with E-state index in [1.807, 2.05) is 4.98 Å². The number of rotatable bonds is 2. The van der Waals surface area contributed by atoms with Crippen LogP contribution < -0.4 is 10.7 Å². The first-order valence-electron chi connectivity index (χ1n) is 3.47. The Morgan fingerprint density at radius 2 is 2.00 bits per heavy atom. The second-order valence-electron chi connectivity index (χ2n) is 2.56. The number of aromatic nitrogens is 1. The number of alkyl halides is 2. The van der Waals surface area contributed by atoms with Crippen molar-refractivity contribution in [1.29, 1.82) is 0 Å². The Morgan fingerprint density at radius 3 is 2.40 bits per heavy atom. The highest BCUT2D eigenvalue weighted by Crippen LogP contribution is 2.24. The number of pyridine rings is 1. The lowest BCUT2D eigenvalue weighted by molar-refractivity contribution is 0.148. The molecule has 0 saturated carbocycles. The standard InChI is InChI=1S/C6H5F2IN2O3S/c7-5(8)3-4(9)2(15(10,13)14)1-11-6(3)12/h1,5H,(H,11,12)(H2,10,13,14). The van der Waals surface area contributed by atoms with Crippen molar-refractivity contribution in [2.24, 2.45) is 5.14 Å². The molecule has 0 spiro atoms. The number of primary sulfonamides is 1. The summed E-state index contributed by atoms with van der Waals surface area (Å²) in [4.78, 5) is 12.4. The number of halogens is 3. The van der Waals surface area contributed by atoms with E-state index in [1.54, 1.807) is 0 Å². The fourth-order valence-corrected chi connectivity index (χ4v) is 3.05. The van der Waals surface area contributed by atoms with Gasteiger partial charge in [-0.05, 0) is 22.6 Å². The van der Waals surface area contributed by atoms with Crippen LogP contribution in [0.3, 0.4) is 0 Å². The molecule has 5 nitrogen and oxygen atoms in total. The number of hydrogen-bond acceptors (Lipinski definition) is 3. The van der Waals surface area contributed by atoms with Gasteiger partial charge in [-0.3, -0.25) is 4.79 Å². The van der Waals surface area contributed by atoms with E-state index >= 15 is 0 Å². The number of nitrogens with two attached hydrogens (primary N) is 1. The van der Waals surface area contributed by atoms with Gasteiger partial charge in [0.25, 0.3) is 12.0 Å². The number of hydrogen-bond donors (Lipinski definition) is 2. The third-order valence-electron chi connectivity index (χ3n) is 1.56. The van der Waals surface area contributed by atoms with E-state index in [2.05, 4.69) is 0 Å². The van der Waals surface area contributed by atoms with Gasteiger partial charge in [0.2, 0.25) is 10.0 Å². The van der Waals surface area contributed by atoms with E-state index in [0.29, 0.717) is 0 Å². The SMILES string of the molecule is NS(=O)(=O)c1c[nH]c(=O)c(C(F)F)c1I. The Balaban J connectivity index is 3.64. The van der Waals surface area contributed by atoms with E-state index < -0.39 is 32.5 Å². The zero-order valence-electron chi connectivity index (χ0n) is 7.00. The van der Waals surface area contributed by atoms with Crippen LogP contribution in [0.25, 0.3) is 0 Å². The van der Waals surface area contributed by atoms with Gasteiger partial charge in [-0.2, -0.15) is 0 Å². The average Bonchev–Trinajstić information content (AvgIpc) is 2.00. The molecule has 0 saturated heterocycles. The summed E-state index contributed by atoms with van der Waals surface area (Å²) in [5.74, 6) is 0. The Kier molecular flexibility index (Phi) is 3.45. The minimum absolute atomic E-state index is 0.353. The van der Waals surface area contributed by atoms with Crippen molar-refractivity contribution in [1.82, 2.24) is 4.98 Å². The molecular formula is C6H5F2IN2O3S. The number of aromatic amines is 1. The smallest absolute Gasteiger partial charge is 0.270 e. The maximum Gasteiger partial charge on any atom is 0.270 e. The monoisotopic (exact) mass is 350 g/mol. The fraction of sp³-hybridized carbons (Fsp3) is 0.167. The molecule has 0 bridgehead atoms. The van der Waals surface area contributed by atoms with E-state index in [4.69, 9.17) is 5.14 Å². The molecule has 0 aliphatic carbocycles. The predicted molar refractivity (Wildman–Crippen MR) is 56.1 cm³/mol. The summed E-state index contributed by atoms with van der Waals surface area (Å²) in [5.41, 5.74) is -1.91. The van der Waals surface area contributed by atoms with Gasteiger partial charge >= 0.3 is 0 Å². The number of H-pyrrole nitrogens is 1. The summed E-state index contributed by atoms with van der Waals surface area (Å²) >= 11 is 1.35. The van der Waals surface area contributed by atoms with Crippen molar-refractivity contribution < 1.29 is 17.2 Å². The lowest BCUT2D eigenvalue weighted by atomic mass is 10.3. The molecule has 0 unspecified atom stereocenters. The first kappa shape index (κ1) is 12.5. The zero-order chi connectivity index (χ0) is 11.8. The second kappa shape index (κ2) is 4.14. The minimum atomic E-state index is -4.12. The highest BCUT2D eigenvalue weighted by atomic mass is 127. The maximum absolute atomic E-state index is 12.4. The van der Waals surface area contributed by atoms with Crippen LogP contribution in [-0.2, 0) is 10.0 Å². The summed E-state index contributed by atoms with van der Waals surface area (Å²) in [6.45, 7) is 0. The zero-order valence-corrected chi connectivity index (χ0v) is 9.97. The quantitative estimate of drug-likeness (QED) is 0.764. The summed E-state index contributed by atoms with van der Waals surface area (Å²) in [7, 11) is -4.12. The molecule has 9 heteroatoms. The van der Waals surface area contributed by atoms with Gasteiger partial charge in [-0.15, -0.1) is 0 Å². The van der Waals surface area contributed by atoms with Crippen molar-refractivity contribution in [3.63, 3.8) is 0 Å². The fourth-order valence-electron chi connectivity index (χ4n) is 0.907. The topological polar surface area (TPSA) is 93.0 Å². The van der Waals surface area contributed by atoms with Gasteiger partial charge in [0.15, 0.2) is 0 Å². The van der Waals surface area contributed by atoms with Crippen molar-refractivity contribution in [3.05, 3.63) is 25.7 Å². The maximum atomic E-state index is 12.4. The largest absolute Gasteiger partial charge is 0.327 e. The molecule has 0 amide bonds. The van der Waals surface area contributed by atoms with Gasteiger partial charge in [-0.1, -0.05) is 0 Å². The molecule has 0 fully saturated rings. The molecular weight excluding hydrogens is 345 g/mol. The molecule has 0 atom stereocenters. The summed E-state index contributed by atoms with van der Waals surface area (Å²) in [5, 5.41) is 4.78. The molecule has 84 valence electrons. The van der Waals surface area contributed by atoms with Crippen LogP contribution >= 0.6 is 22.6 Å². The molecule has 0 radical (unpaired) electrons. The van der Waals surface area contributed by atoms with Gasteiger partial charge in [0.05, 0.1) is 5.56 Å². The Bertz CT molecular complexity index is 540. The highest BCUT2D eigenvalue weighted by Gasteiger charge is 2.23. The minimum Gasteiger partial charge on any atom is -0.327 e. The van der Waals surface area contributed by atoms with Crippen LogP contribution in [0, 0.1) is 3.57 Å². The third kappa shape index (κ3) is 2.52. The van der Waals surface area contributed by atoms with Crippen molar-refractivity contribution in [2.45, 2.75) is 11.3 Å². The lowest BCUT2D eigenvalue weighted by Gasteiger charge is -2.05.